The molecule has 4 heteroatoms. The third-order valence-electron chi connectivity index (χ3n) is 7.46. The fraction of sp³-hybridized carbons (Fsp3) is 0.483. The van der Waals surface area contributed by atoms with Crippen LogP contribution in [0.1, 0.15) is 88.8 Å². The highest BCUT2D eigenvalue weighted by atomic mass is 16.2. The van der Waals surface area contributed by atoms with Crippen molar-refractivity contribution >= 4 is 22.6 Å². The summed E-state index contributed by atoms with van der Waals surface area (Å²) in [5, 5.41) is 7.84. The average molecular weight is 446 g/mol. The molecule has 3 aromatic rings. The number of para-hydroxylation sites is 2. The summed E-state index contributed by atoms with van der Waals surface area (Å²) in [6.07, 6.45) is 6.99. The molecule has 176 valence electrons. The lowest BCUT2D eigenvalue weighted by atomic mass is 9.78. The van der Waals surface area contributed by atoms with Gasteiger partial charge in [-0.15, -0.1) is 0 Å². The Morgan fingerprint density at radius 1 is 0.970 bits per heavy atom. The lowest BCUT2D eigenvalue weighted by Gasteiger charge is -2.30. The van der Waals surface area contributed by atoms with Gasteiger partial charge in [-0.05, 0) is 54.4 Å². The van der Waals surface area contributed by atoms with Gasteiger partial charge < -0.3 is 15.2 Å². The molecule has 0 unspecified atom stereocenters. The molecule has 1 saturated carbocycles. The minimum atomic E-state index is -0.101. The van der Waals surface area contributed by atoms with Crippen molar-refractivity contribution < 1.29 is 4.79 Å². The molecular weight excluding hydrogens is 406 g/mol. The summed E-state index contributed by atoms with van der Waals surface area (Å²) >= 11 is 0. The van der Waals surface area contributed by atoms with E-state index >= 15 is 0 Å². The summed E-state index contributed by atoms with van der Waals surface area (Å²) < 4.78 is 2.35. The monoisotopic (exact) mass is 445 g/mol. The zero-order valence-electron chi connectivity index (χ0n) is 20.9. The second-order valence-electron chi connectivity index (χ2n) is 10.3. The number of nitrogens with zero attached hydrogens (tertiary/aromatic N) is 1. The normalized spacial score (nSPS) is 15.5. The average Bonchev–Trinajstić information content (AvgIpc) is 3.43. The molecule has 0 bridgehead atoms. The van der Waals surface area contributed by atoms with Crippen LogP contribution in [0.5, 0.6) is 0 Å². The first-order valence-corrected chi connectivity index (χ1v) is 12.6. The van der Waals surface area contributed by atoms with Crippen LogP contribution in [0.15, 0.2) is 48.7 Å². The Balaban J connectivity index is 1.59. The summed E-state index contributed by atoms with van der Waals surface area (Å²) in [7, 11) is 0. The summed E-state index contributed by atoms with van der Waals surface area (Å²) in [5.41, 5.74) is 6.04. The third-order valence-corrected chi connectivity index (χ3v) is 7.46. The molecule has 2 amide bonds. The van der Waals surface area contributed by atoms with Crippen LogP contribution in [0, 0.1) is 0 Å². The van der Waals surface area contributed by atoms with Gasteiger partial charge in [-0.2, -0.15) is 0 Å². The van der Waals surface area contributed by atoms with Crippen LogP contribution in [0.2, 0.25) is 0 Å². The predicted molar refractivity (Wildman–Crippen MR) is 139 cm³/mol. The number of nitrogens with one attached hydrogen (secondary N) is 2. The summed E-state index contributed by atoms with van der Waals surface area (Å²) in [6, 6.07) is 15.0. The number of amides is 2. The number of rotatable bonds is 7. The van der Waals surface area contributed by atoms with Gasteiger partial charge in [0, 0.05) is 41.3 Å². The van der Waals surface area contributed by atoms with E-state index in [9.17, 15) is 4.79 Å². The first-order chi connectivity index (χ1) is 15.9. The van der Waals surface area contributed by atoms with E-state index in [0.717, 1.165) is 25.1 Å². The fourth-order valence-corrected chi connectivity index (χ4v) is 5.63. The molecule has 4 rings (SSSR count). The molecule has 1 fully saturated rings. The van der Waals surface area contributed by atoms with Crippen molar-refractivity contribution in [2.75, 3.05) is 11.9 Å². The lowest BCUT2D eigenvalue weighted by molar-refractivity contribution is 0.248. The molecule has 0 spiro atoms. The number of anilines is 1. The van der Waals surface area contributed by atoms with Crippen molar-refractivity contribution in [3.8, 4) is 0 Å². The molecule has 33 heavy (non-hydrogen) atoms. The van der Waals surface area contributed by atoms with Crippen LogP contribution in [-0.2, 0) is 12.0 Å². The van der Waals surface area contributed by atoms with E-state index in [1.54, 1.807) is 0 Å². The van der Waals surface area contributed by atoms with E-state index in [1.165, 1.54) is 40.4 Å². The quantitative estimate of drug-likeness (QED) is 0.388. The topological polar surface area (TPSA) is 46.1 Å². The third kappa shape index (κ3) is 4.53. The number of aromatic nitrogens is 1. The number of aryl methyl sites for hydroxylation is 1. The van der Waals surface area contributed by atoms with Crippen LogP contribution in [0.4, 0.5) is 10.5 Å². The van der Waals surface area contributed by atoms with Crippen molar-refractivity contribution in [1.82, 2.24) is 9.88 Å². The maximum Gasteiger partial charge on any atom is 0.319 e. The van der Waals surface area contributed by atoms with Crippen molar-refractivity contribution in [2.24, 2.45) is 0 Å². The highest BCUT2D eigenvalue weighted by Crippen LogP contribution is 2.44. The highest BCUT2D eigenvalue weighted by molar-refractivity contribution is 5.92. The Hall–Kier alpha value is -2.75. The summed E-state index contributed by atoms with van der Waals surface area (Å²) in [5.74, 6) is 0.695. The van der Waals surface area contributed by atoms with Gasteiger partial charge in [0.1, 0.15) is 0 Å². The van der Waals surface area contributed by atoms with Crippen molar-refractivity contribution in [2.45, 2.75) is 84.1 Å². The second kappa shape index (κ2) is 9.62. The zero-order chi connectivity index (χ0) is 23.6. The van der Waals surface area contributed by atoms with E-state index in [4.69, 9.17) is 0 Å². The lowest BCUT2D eigenvalue weighted by Crippen LogP contribution is -2.41. The van der Waals surface area contributed by atoms with E-state index in [0.29, 0.717) is 18.4 Å². The van der Waals surface area contributed by atoms with Crippen LogP contribution >= 0.6 is 0 Å². The maximum atomic E-state index is 13.2. The van der Waals surface area contributed by atoms with Crippen molar-refractivity contribution in [3.63, 3.8) is 0 Å². The molecule has 1 heterocycles. The molecule has 2 N–H and O–H groups in total. The van der Waals surface area contributed by atoms with Gasteiger partial charge in [0.25, 0.3) is 0 Å². The number of benzene rings is 2. The second-order valence-corrected chi connectivity index (χ2v) is 10.3. The Kier molecular flexibility index (Phi) is 6.83. The number of urea groups is 1. The van der Waals surface area contributed by atoms with Crippen molar-refractivity contribution in [1.29, 1.82) is 0 Å². The van der Waals surface area contributed by atoms with Gasteiger partial charge in [0.15, 0.2) is 0 Å². The van der Waals surface area contributed by atoms with Gasteiger partial charge >= 0.3 is 6.03 Å². The molecule has 0 atom stereocenters. The Morgan fingerprint density at radius 2 is 1.61 bits per heavy atom. The van der Waals surface area contributed by atoms with E-state index < -0.39 is 0 Å². The molecule has 4 nitrogen and oxygen atoms in total. The van der Waals surface area contributed by atoms with Gasteiger partial charge in [-0.1, -0.05) is 76.9 Å². The van der Waals surface area contributed by atoms with Gasteiger partial charge in [0.2, 0.25) is 0 Å². The number of carbonyl (C=O) groups excluding carboxylic acids is 1. The van der Waals surface area contributed by atoms with Crippen molar-refractivity contribution in [3.05, 3.63) is 65.4 Å². The standard InChI is InChI=1S/C29H39N3O/c1-6-32-18-25(24-12-7-8-15-26(24)32)29(16-9-10-17-29)19-30-28(33)31-27-22(20(2)3)13-11-14-23(27)21(4)5/h7-8,11-15,18,20-21H,6,9-10,16-17,19H2,1-5H3,(H2,30,31,33). The highest BCUT2D eigenvalue weighted by Gasteiger charge is 2.38. The number of hydrogen-bond donors (Lipinski definition) is 2. The zero-order valence-corrected chi connectivity index (χ0v) is 20.9. The SMILES string of the molecule is CCn1cc(C2(CNC(=O)Nc3c(C(C)C)cccc3C(C)C)CCCC2)c2ccccc21. The Labute approximate surface area is 198 Å². The predicted octanol–water partition coefficient (Wildman–Crippen LogP) is 7.54. The smallest absolute Gasteiger partial charge is 0.319 e. The first-order valence-electron chi connectivity index (χ1n) is 12.6. The molecular formula is C29H39N3O. The summed E-state index contributed by atoms with van der Waals surface area (Å²) in [6.45, 7) is 12.5. The molecule has 1 aliphatic carbocycles. The first kappa shape index (κ1) is 23.4. The number of hydrogen-bond acceptors (Lipinski definition) is 1. The largest absolute Gasteiger partial charge is 0.347 e. The molecule has 1 aliphatic rings. The molecule has 0 radical (unpaired) electrons. The fourth-order valence-electron chi connectivity index (χ4n) is 5.63. The molecule has 2 aromatic carbocycles. The van der Waals surface area contributed by atoms with E-state index in [2.05, 4.69) is 98.5 Å². The van der Waals surface area contributed by atoms with E-state index in [1.807, 2.05) is 0 Å². The van der Waals surface area contributed by atoms with Crippen LogP contribution < -0.4 is 10.6 Å². The van der Waals surface area contributed by atoms with Gasteiger partial charge in [-0.3, -0.25) is 0 Å². The Bertz CT molecular complexity index is 1090. The van der Waals surface area contributed by atoms with Gasteiger partial charge in [-0.25, -0.2) is 4.79 Å². The minimum Gasteiger partial charge on any atom is -0.347 e. The van der Waals surface area contributed by atoms with Gasteiger partial charge in [0.05, 0.1) is 0 Å². The summed E-state index contributed by atoms with van der Waals surface area (Å²) in [4.78, 5) is 13.2. The van der Waals surface area contributed by atoms with Crippen LogP contribution in [0.25, 0.3) is 10.9 Å². The molecule has 1 aromatic heterocycles. The molecule has 0 saturated heterocycles. The Morgan fingerprint density at radius 3 is 2.21 bits per heavy atom. The minimum absolute atomic E-state index is 0.00416. The number of fused-ring (bicyclic) bond motifs is 1. The van der Waals surface area contributed by atoms with E-state index in [-0.39, 0.29) is 11.4 Å². The number of carbonyl (C=O) groups is 1. The van der Waals surface area contributed by atoms with Crippen LogP contribution in [0.3, 0.4) is 0 Å². The van der Waals surface area contributed by atoms with Crippen LogP contribution in [-0.4, -0.2) is 17.1 Å². The maximum absolute atomic E-state index is 13.2. The molecule has 0 aliphatic heterocycles.